The van der Waals surface area contributed by atoms with Crippen molar-refractivity contribution in [3.05, 3.63) is 46.1 Å². The fourth-order valence-electron chi connectivity index (χ4n) is 4.99. The average molecular weight is 447 g/mol. The summed E-state index contributed by atoms with van der Waals surface area (Å²) >= 11 is 6.16. The maximum atomic E-state index is 12.7. The Hall–Kier alpha value is -2.09. The first-order chi connectivity index (χ1) is 15.0. The van der Waals surface area contributed by atoms with Crippen LogP contribution in [0.2, 0.25) is 5.02 Å². The molecule has 1 saturated carbocycles. The minimum absolute atomic E-state index is 0.325. The lowest BCUT2D eigenvalue weighted by Crippen LogP contribution is -2.53. The van der Waals surface area contributed by atoms with E-state index in [1.165, 1.54) is 39.2 Å². The summed E-state index contributed by atoms with van der Waals surface area (Å²) in [6.45, 7) is 4.39. The van der Waals surface area contributed by atoms with Crippen molar-refractivity contribution in [3.8, 4) is 0 Å². The number of benzene rings is 1. The van der Waals surface area contributed by atoms with Gasteiger partial charge in [0.2, 0.25) is 0 Å². The van der Waals surface area contributed by atoms with Crippen molar-refractivity contribution in [2.45, 2.75) is 44.2 Å². The first kappa shape index (κ1) is 22.1. The number of urea groups is 1. The fourth-order valence-corrected chi connectivity index (χ4v) is 5.18. The molecule has 0 unspecified atom stereocenters. The SMILES string of the molecule is COC(=O)C1=C(CN2CCN(C3CCCCC3)CC2)NC(=O)N[C@H]1c1cccc(Cl)c1. The smallest absolute Gasteiger partial charge is 0.338 e. The predicted octanol–water partition coefficient (Wildman–Crippen LogP) is 3.07. The first-order valence-corrected chi connectivity index (χ1v) is 11.5. The number of ether oxygens (including phenoxy) is 1. The number of esters is 1. The van der Waals surface area contributed by atoms with Crippen LogP contribution in [-0.2, 0) is 9.53 Å². The maximum Gasteiger partial charge on any atom is 0.338 e. The minimum atomic E-state index is -0.599. The highest BCUT2D eigenvalue weighted by Gasteiger charge is 2.35. The van der Waals surface area contributed by atoms with Crippen molar-refractivity contribution in [1.29, 1.82) is 0 Å². The predicted molar refractivity (Wildman–Crippen MR) is 120 cm³/mol. The molecule has 2 N–H and O–H groups in total. The molecule has 0 bridgehead atoms. The third-order valence-corrected chi connectivity index (χ3v) is 6.86. The lowest BCUT2D eigenvalue weighted by atomic mass is 9.93. The number of hydrogen-bond donors (Lipinski definition) is 2. The van der Waals surface area contributed by atoms with Gasteiger partial charge in [0.1, 0.15) is 0 Å². The number of nitrogens with zero attached hydrogens (tertiary/aromatic N) is 2. The third-order valence-electron chi connectivity index (χ3n) is 6.62. The van der Waals surface area contributed by atoms with Crippen LogP contribution in [0.15, 0.2) is 35.5 Å². The summed E-state index contributed by atoms with van der Waals surface area (Å²) in [4.78, 5) is 30.1. The van der Waals surface area contributed by atoms with Gasteiger partial charge in [0.15, 0.2) is 0 Å². The van der Waals surface area contributed by atoms with Crippen molar-refractivity contribution in [2.75, 3.05) is 39.8 Å². The number of carbonyl (C=O) groups is 2. The summed E-state index contributed by atoms with van der Waals surface area (Å²) < 4.78 is 5.07. The van der Waals surface area contributed by atoms with E-state index in [0.29, 0.717) is 28.9 Å². The third kappa shape index (κ3) is 5.22. The molecule has 7 nitrogen and oxygen atoms in total. The van der Waals surface area contributed by atoms with Crippen molar-refractivity contribution < 1.29 is 14.3 Å². The molecule has 1 aromatic carbocycles. The van der Waals surface area contributed by atoms with Crippen molar-refractivity contribution in [3.63, 3.8) is 0 Å². The molecule has 4 rings (SSSR count). The minimum Gasteiger partial charge on any atom is -0.466 e. The Morgan fingerprint density at radius 2 is 1.90 bits per heavy atom. The second-order valence-electron chi connectivity index (χ2n) is 8.57. The Morgan fingerprint density at radius 1 is 1.16 bits per heavy atom. The zero-order chi connectivity index (χ0) is 21.8. The topological polar surface area (TPSA) is 73.9 Å². The van der Waals surface area contributed by atoms with Crippen LogP contribution in [-0.4, -0.2) is 67.7 Å². The maximum absolute atomic E-state index is 12.7. The van der Waals surface area contributed by atoms with Gasteiger partial charge in [-0.1, -0.05) is 43.0 Å². The van der Waals surface area contributed by atoms with Gasteiger partial charge in [-0.25, -0.2) is 9.59 Å². The van der Waals surface area contributed by atoms with Crippen LogP contribution in [0.3, 0.4) is 0 Å². The van der Waals surface area contributed by atoms with Crippen LogP contribution < -0.4 is 10.6 Å². The second-order valence-corrected chi connectivity index (χ2v) is 9.01. The van der Waals surface area contributed by atoms with E-state index in [4.69, 9.17) is 16.3 Å². The van der Waals surface area contributed by atoms with Gasteiger partial charge >= 0.3 is 12.0 Å². The van der Waals surface area contributed by atoms with E-state index in [-0.39, 0.29) is 6.03 Å². The van der Waals surface area contributed by atoms with Crippen molar-refractivity contribution in [2.24, 2.45) is 0 Å². The number of halogens is 1. The molecular weight excluding hydrogens is 416 g/mol. The van der Waals surface area contributed by atoms with Crippen molar-refractivity contribution in [1.82, 2.24) is 20.4 Å². The molecule has 2 amide bonds. The van der Waals surface area contributed by atoms with E-state index in [2.05, 4.69) is 20.4 Å². The fraction of sp³-hybridized carbons (Fsp3) is 0.565. The standard InChI is InChI=1S/C23H31ClN4O3/c1-31-22(29)20-19(25-23(30)26-21(20)16-6-5-7-17(24)14-16)15-27-10-12-28(13-11-27)18-8-3-2-4-9-18/h5-7,14,18,21H,2-4,8-13,15H2,1H3,(H2,25,26,30)/t21-/m0/s1. The molecule has 2 fully saturated rings. The van der Waals surface area contributed by atoms with Crippen LogP contribution in [0, 0.1) is 0 Å². The lowest BCUT2D eigenvalue weighted by molar-refractivity contribution is -0.136. The highest BCUT2D eigenvalue weighted by Crippen LogP contribution is 2.30. The van der Waals surface area contributed by atoms with Gasteiger partial charge in [-0.05, 0) is 30.5 Å². The van der Waals surface area contributed by atoms with Crippen LogP contribution in [0.1, 0.15) is 43.7 Å². The Balaban J connectivity index is 1.51. The van der Waals surface area contributed by atoms with Crippen LogP contribution in [0.4, 0.5) is 4.79 Å². The number of nitrogens with one attached hydrogen (secondary N) is 2. The van der Waals surface area contributed by atoms with Gasteiger partial charge in [-0.15, -0.1) is 0 Å². The Morgan fingerprint density at radius 3 is 2.58 bits per heavy atom. The summed E-state index contributed by atoms with van der Waals surface area (Å²) in [5, 5.41) is 6.26. The normalized spacial score (nSPS) is 23.9. The Kier molecular flexibility index (Phi) is 7.15. The molecule has 1 aliphatic carbocycles. The van der Waals surface area contributed by atoms with Crippen LogP contribution in [0.5, 0.6) is 0 Å². The van der Waals surface area contributed by atoms with E-state index in [1.54, 1.807) is 12.1 Å². The van der Waals surface area contributed by atoms with Gasteiger partial charge in [0.25, 0.3) is 0 Å². The zero-order valence-corrected chi connectivity index (χ0v) is 18.8. The highest BCUT2D eigenvalue weighted by molar-refractivity contribution is 6.30. The first-order valence-electron chi connectivity index (χ1n) is 11.2. The Bertz CT molecular complexity index is 845. The molecule has 1 atom stereocenters. The summed E-state index contributed by atoms with van der Waals surface area (Å²) in [6.07, 6.45) is 6.65. The second kappa shape index (κ2) is 10.0. The van der Waals surface area contributed by atoms with Crippen LogP contribution >= 0.6 is 11.6 Å². The number of amides is 2. The quantitative estimate of drug-likeness (QED) is 0.680. The van der Waals surface area contributed by atoms with Gasteiger partial charge in [-0.2, -0.15) is 0 Å². The number of hydrogen-bond acceptors (Lipinski definition) is 5. The van der Waals surface area contributed by atoms with Gasteiger partial charge in [0.05, 0.1) is 18.7 Å². The van der Waals surface area contributed by atoms with Gasteiger partial charge < -0.3 is 15.4 Å². The number of carbonyl (C=O) groups excluding carboxylic acids is 2. The average Bonchev–Trinajstić information content (AvgIpc) is 2.79. The summed E-state index contributed by atoms with van der Waals surface area (Å²) in [7, 11) is 1.36. The van der Waals surface area contributed by atoms with E-state index >= 15 is 0 Å². The number of piperazine rings is 1. The number of rotatable bonds is 5. The van der Waals surface area contributed by atoms with Gasteiger partial charge in [0, 0.05) is 49.5 Å². The molecule has 0 spiro atoms. The molecular formula is C23H31ClN4O3. The van der Waals surface area contributed by atoms with E-state index < -0.39 is 12.0 Å². The summed E-state index contributed by atoms with van der Waals surface area (Å²) in [5.41, 5.74) is 1.79. The van der Waals surface area contributed by atoms with Crippen molar-refractivity contribution >= 4 is 23.6 Å². The Labute approximate surface area is 188 Å². The number of methoxy groups -OCH3 is 1. The molecule has 168 valence electrons. The van der Waals surface area contributed by atoms with E-state index in [1.807, 2.05) is 12.1 Å². The molecule has 2 heterocycles. The molecule has 0 radical (unpaired) electrons. The molecule has 8 heteroatoms. The van der Waals surface area contributed by atoms with Crippen LogP contribution in [0.25, 0.3) is 0 Å². The largest absolute Gasteiger partial charge is 0.466 e. The molecule has 1 saturated heterocycles. The van der Waals surface area contributed by atoms with Gasteiger partial charge in [-0.3, -0.25) is 9.80 Å². The molecule has 2 aliphatic heterocycles. The van der Waals surface area contributed by atoms with E-state index in [9.17, 15) is 9.59 Å². The monoisotopic (exact) mass is 446 g/mol. The highest BCUT2D eigenvalue weighted by atomic mass is 35.5. The van der Waals surface area contributed by atoms with E-state index in [0.717, 1.165) is 31.7 Å². The molecule has 0 aromatic heterocycles. The summed E-state index contributed by atoms with van der Waals surface area (Å²) in [6, 6.07) is 6.98. The lowest BCUT2D eigenvalue weighted by Gasteiger charge is -2.41. The molecule has 3 aliphatic rings. The molecule has 1 aromatic rings. The zero-order valence-electron chi connectivity index (χ0n) is 18.0. The summed E-state index contributed by atoms with van der Waals surface area (Å²) in [5.74, 6) is -0.451. The molecule has 31 heavy (non-hydrogen) atoms.